The Morgan fingerprint density at radius 3 is 2.96 bits per heavy atom. The number of thioether (sulfide) groups is 1. The zero-order valence-corrected chi connectivity index (χ0v) is 14.8. The summed E-state index contributed by atoms with van der Waals surface area (Å²) in [5.74, 6) is 1.54. The Balaban J connectivity index is 1.42. The molecule has 2 aromatic heterocycles. The molecule has 0 saturated heterocycles. The predicted molar refractivity (Wildman–Crippen MR) is 93.7 cm³/mol. The van der Waals surface area contributed by atoms with Gasteiger partial charge in [0.1, 0.15) is 13.2 Å². The zero-order chi connectivity index (χ0) is 17.1. The number of nitrogens with zero attached hydrogens (tertiary/aromatic N) is 4. The van der Waals surface area contributed by atoms with E-state index in [2.05, 4.69) is 15.5 Å². The lowest BCUT2D eigenvalue weighted by Crippen LogP contribution is -2.16. The predicted octanol–water partition coefficient (Wildman–Crippen LogP) is 2.53. The highest BCUT2D eigenvalue weighted by Crippen LogP contribution is 2.31. The Bertz CT molecular complexity index is 879. The Hall–Kier alpha value is -2.39. The van der Waals surface area contributed by atoms with Gasteiger partial charge in [0, 0.05) is 10.4 Å². The highest BCUT2D eigenvalue weighted by molar-refractivity contribution is 7.99. The maximum absolute atomic E-state index is 12.5. The first-order valence-corrected chi connectivity index (χ1v) is 9.50. The van der Waals surface area contributed by atoms with E-state index in [1.165, 1.54) is 11.8 Å². The van der Waals surface area contributed by atoms with Crippen LogP contribution in [0.15, 0.2) is 40.9 Å². The Kier molecular flexibility index (Phi) is 4.66. The largest absolute Gasteiger partial charge is 0.486 e. The number of thiophene rings is 1. The molecule has 0 radical (unpaired) electrons. The fraction of sp³-hybridized carbons (Fsp3) is 0.250. The molecule has 1 aliphatic heterocycles. The molecule has 9 heteroatoms. The summed E-state index contributed by atoms with van der Waals surface area (Å²) in [6, 6.07) is 9.27. The van der Waals surface area contributed by atoms with Crippen LogP contribution in [0.3, 0.4) is 0 Å². The van der Waals surface area contributed by atoms with Crippen LogP contribution in [0.1, 0.15) is 15.2 Å². The SMILES string of the molecule is O=C(CSc1nnnn1Cc1cccs1)c1ccc2c(c1)OCCO2. The van der Waals surface area contributed by atoms with Crippen LogP contribution in [-0.4, -0.2) is 45.0 Å². The van der Waals surface area contributed by atoms with Crippen molar-refractivity contribution in [3.63, 3.8) is 0 Å². The quantitative estimate of drug-likeness (QED) is 0.484. The molecule has 1 aliphatic rings. The van der Waals surface area contributed by atoms with E-state index in [1.807, 2.05) is 17.5 Å². The molecule has 25 heavy (non-hydrogen) atoms. The van der Waals surface area contributed by atoms with Crippen molar-refractivity contribution in [3.8, 4) is 11.5 Å². The van der Waals surface area contributed by atoms with Gasteiger partial charge < -0.3 is 9.47 Å². The number of tetrazole rings is 1. The third-order valence-corrected chi connectivity index (χ3v) is 5.40. The lowest BCUT2D eigenvalue weighted by Gasteiger charge is -2.18. The van der Waals surface area contributed by atoms with Gasteiger partial charge in [-0.25, -0.2) is 4.68 Å². The van der Waals surface area contributed by atoms with Crippen LogP contribution >= 0.6 is 23.1 Å². The van der Waals surface area contributed by atoms with Gasteiger partial charge in [-0.1, -0.05) is 17.8 Å². The van der Waals surface area contributed by atoms with Crippen LogP contribution in [-0.2, 0) is 6.54 Å². The lowest BCUT2D eigenvalue weighted by atomic mass is 10.1. The maximum Gasteiger partial charge on any atom is 0.210 e. The molecule has 128 valence electrons. The lowest BCUT2D eigenvalue weighted by molar-refractivity contribution is 0.102. The van der Waals surface area contributed by atoms with E-state index in [-0.39, 0.29) is 11.5 Å². The average Bonchev–Trinajstić information content (AvgIpc) is 3.32. The molecule has 0 saturated carbocycles. The van der Waals surface area contributed by atoms with E-state index in [9.17, 15) is 4.79 Å². The first-order chi connectivity index (χ1) is 12.3. The van der Waals surface area contributed by atoms with Gasteiger partial charge in [-0.2, -0.15) is 0 Å². The Labute approximate surface area is 151 Å². The number of benzene rings is 1. The van der Waals surface area contributed by atoms with E-state index in [0.29, 0.717) is 42.0 Å². The van der Waals surface area contributed by atoms with Crippen molar-refractivity contribution in [2.45, 2.75) is 11.7 Å². The van der Waals surface area contributed by atoms with E-state index in [1.54, 1.807) is 34.2 Å². The number of ketones is 1. The molecule has 0 amide bonds. The minimum atomic E-state index is -0.00681. The number of ether oxygens (including phenoxy) is 2. The first-order valence-electron chi connectivity index (χ1n) is 7.64. The Morgan fingerprint density at radius 1 is 1.24 bits per heavy atom. The normalized spacial score (nSPS) is 13.0. The molecular formula is C16H14N4O3S2. The molecule has 0 unspecified atom stereocenters. The van der Waals surface area contributed by atoms with Crippen molar-refractivity contribution in [1.82, 2.24) is 20.2 Å². The van der Waals surface area contributed by atoms with Gasteiger partial charge in [0.05, 0.1) is 12.3 Å². The molecule has 7 nitrogen and oxygen atoms in total. The molecule has 0 bridgehead atoms. The molecule has 0 spiro atoms. The van der Waals surface area contributed by atoms with Crippen LogP contribution in [0.2, 0.25) is 0 Å². The van der Waals surface area contributed by atoms with Crippen LogP contribution < -0.4 is 9.47 Å². The topological polar surface area (TPSA) is 79.1 Å². The van der Waals surface area contributed by atoms with Crippen LogP contribution in [0.5, 0.6) is 11.5 Å². The zero-order valence-electron chi connectivity index (χ0n) is 13.1. The van der Waals surface area contributed by atoms with Gasteiger partial charge in [0.2, 0.25) is 5.16 Å². The molecule has 3 heterocycles. The molecule has 3 aromatic rings. The molecular weight excluding hydrogens is 360 g/mol. The van der Waals surface area contributed by atoms with Gasteiger partial charge in [-0.05, 0) is 40.1 Å². The second kappa shape index (κ2) is 7.24. The molecule has 1 aromatic carbocycles. The fourth-order valence-electron chi connectivity index (χ4n) is 2.38. The number of Topliss-reactive ketones (excluding diaryl/α,β-unsaturated/α-hetero) is 1. The minimum Gasteiger partial charge on any atom is -0.486 e. The monoisotopic (exact) mass is 374 g/mol. The summed E-state index contributed by atoms with van der Waals surface area (Å²) in [5.41, 5.74) is 0.592. The maximum atomic E-state index is 12.5. The number of carbonyl (C=O) groups excluding carboxylic acids is 1. The van der Waals surface area contributed by atoms with Gasteiger partial charge in [-0.15, -0.1) is 16.4 Å². The first kappa shape index (κ1) is 16.1. The number of carbonyl (C=O) groups is 1. The number of hydrogen-bond donors (Lipinski definition) is 0. The third kappa shape index (κ3) is 3.67. The molecule has 4 rings (SSSR count). The summed E-state index contributed by atoms with van der Waals surface area (Å²) in [6.07, 6.45) is 0. The van der Waals surface area contributed by atoms with Crippen molar-refractivity contribution >= 4 is 28.9 Å². The summed E-state index contributed by atoms with van der Waals surface area (Å²) in [4.78, 5) is 13.6. The Morgan fingerprint density at radius 2 is 2.12 bits per heavy atom. The van der Waals surface area contributed by atoms with Crippen LogP contribution in [0, 0.1) is 0 Å². The number of hydrogen-bond acceptors (Lipinski definition) is 8. The smallest absolute Gasteiger partial charge is 0.210 e. The second-order valence-electron chi connectivity index (χ2n) is 5.27. The van der Waals surface area contributed by atoms with E-state index >= 15 is 0 Å². The van der Waals surface area contributed by atoms with Gasteiger partial charge in [0.25, 0.3) is 0 Å². The van der Waals surface area contributed by atoms with Crippen molar-refractivity contribution in [1.29, 1.82) is 0 Å². The van der Waals surface area contributed by atoms with Gasteiger partial charge in [-0.3, -0.25) is 4.79 Å². The number of aromatic nitrogens is 4. The number of fused-ring (bicyclic) bond motifs is 1. The van der Waals surface area contributed by atoms with Crippen LogP contribution in [0.25, 0.3) is 0 Å². The standard InChI is InChI=1S/C16H14N4O3S2/c21-13(11-3-4-14-15(8-11)23-6-5-22-14)10-25-16-17-18-19-20(16)9-12-2-1-7-24-12/h1-4,7-8H,5-6,9-10H2. The fourth-order valence-corrected chi connectivity index (χ4v) is 3.84. The highest BCUT2D eigenvalue weighted by Gasteiger charge is 2.16. The average molecular weight is 374 g/mol. The summed E-state index contributed by atoms with van der Waals surface area (Å²) < 4.78 is 12.7. The van der Waals surface area contributed by atoms with E-state index in [4.69, 9.17) is 9.47 Å². The van der Waals surface area contributed by atoms with Crippen molar-refractivity contribution in [3.05, 3.63) is 46.2 Å². The van der Waals surface area contributed by atoms with Crippen molar-refractivity contribution in [2.24, 2.45) is 0 Å². The molecule has 0 fully saturated rings. The summed E-state index contributed by atoms with van der Waals surface area (Å²) in [7, 11) is 0. The van der Waals surface area contributed by atoms with Crippen molar-refractivity contribution < 1.29 is 14.3 Å². The van der Waals surface area contributed by atoms with Gasteiger partial charge in [0.15, 0.2) is 17.3 Å². The summed E-state index contributed by atoms with van der Waals surface area (Å²) >= 11 is 2.97. The number of rotatable bonds is 6. The molecule has 0 atom stereocenters. The highest BCUT2D eigenvalue weighted by atomic mass is 32.2. The van der Waals surface area contributed by atoms with Crippen molar-refractivity contribution in [2.75, 3.05) is 19.0 Å². The summed E-state index contributed by atoms with van der Waals surface area (Å²) in [6.45, 7) is 1.63. The summed E-state index contributed by atoms with van der Waals surface area (Å²) in [5, 5.41) is 14.3. The van der Waals surface area contributed by atoms with E-state index in [0.717, 1.165) is 4.88 Å². The third-order valence-electron chi connectivity index (χ3n) is 3.58. The second-order valence-corrected chi connectivity index (χ2v) is 7.24. The van der Waals surface area contributed by atoms with Crippen LogP contribution in [0.4, 0.5) is 0 Å². The van der Waals surface area contributed by atoms with E-state index < -0.39 is 0 Å². The van der Waals surface area contributed by atoms with Gasteiger partial charge >= 0.3 is 0 Å². The molecule has 0 N–H and O–H groups in total. The minimum absolute atomic E-state index is 0.00681. The molecule has 0 aliphatic carbocycles.